The molecule has 6 heteroatoms. The Morgan fingerprint density at radius 3 is 2.67 bits per heavy atom. The Balaban J connectivity index is 1.45. The van der Waals surface area contributed by atoms with Crippen molar-refractivity contribution in [1.29, 1.82) is 0 Å². The van der Waals surface area contributed by atoms with Crippen LogP contribution in [0.5, 0.6) is 5.88 Å². The molecule has 0 spiro atoms. The molecule has 0 aromatic carbocycles. The van der Waals surface area contributed by atoms with Crippen LogP contribution < -0.4 is 4.74 Å². The molecule has 2 atom stereocenters. The van der Waals surface area contributed by atoms with Gasteiger partial charge >= 0.3 is 0 Å². The number of hydrogen-bond acceptors (Lipinski definition) is 5. The summed E-state index contributed by atoms with van der Waals surface area (Å²) in [5.74, 6) is 1.75. The molecule has 0 bridgehead atoms. The lowest BCUT2D eigenvalue weighted by molar-refractivity contribution is -0.123. The van der Waals surface area contributed by atoms with Gasteiger partial charge in [-0.25, -0.2) is 9.37 Å². The Morgan fingerprint density at radius 2 is 1.96 bits per heavy atom. The van der Waals surface area contributed by atoms with E-state index in [2.05, 4.69) is 27.1 Å². The highest BCUT2D eigenvalue weighted by Crippen LogP contribution is 2.47. The molecule has 0 amide bonds. The topological polar surface area (TPSA) is 65.0 Å². The molecule has 2 aromatic heterocycles. The highest BCUT2D eigenvalue weighted by molar-refractivity contribution is 5.79. The Kier molecular flexibility index (Phi) is 4.66. The number of ether oxygens (including phenoxy) is 1. The van der Waals surface area contributed by atoms with Gasteiger partial charge in [-0.15, -0.1) is 0 Å². The van der Waals surface area contributed by atoms with E-state index < -0.39 is 5.67 Å². The van der Waals surface area contributed by atoms with Gasteiger partial charge in [-0.05, 0) is 44.7 Å². The monoisotopic (exact) mass is 369 g/mol. The van der Waals surface area contributed by atoms with Crippen LogP contribution in [0.4, 0.5) is 4.39 Å². The first-order valence-electron chi connectivity index (χ1n) is 9.55. The van der Waals surface area contributed by atoms with Crippen LogP contribution in [-0.4, -0.2) is 27.3 Å². The molecule has 0 aliphatic heterocycles. The SMILES string of the molecule is Cc1ccc(C2CC2COc2nc(C)ncc2C2(F)CCC(=O)CC2)nc1. The molecule has 0 saturated heterocycles. The molecule has 27 heavy (non-hydrogen) atoms. The standard InChI is InChI=1S/C21H24FN3O2/c1-13-3-4-19(24-10-13)17-9-15(17)12-27-20-18(11-23-14(2)25-20)21(22)7-5-16(26)6-8-21/h3-4,10-11,15,17H,5-9,12H2,1-2H3. The van der Waals surface area contributed by atoms with Gasteiger partial charge in [0.05, 0.1) is 12.2 Å². The third kappa shape index (κ3) is 3.84. The molecule has 2 unspecified atom stereocenters. The smallest absolute Gasteiger partial charge is 0.223 e. The van der Waals surface area contributed by atoms with E-state index in [1.165, 1.54) is 6.20 Å². The number of Topliss-reactive ketones (excluding diaryl/α,β-unsaturated/α-hetero) is 1. The lowest BCUT2D eigenvalue weighted by Crippen LogP contribution is -2.28. The summed E-state index contributed by atoms with van der Waals surface area (Å²) in [7, 11) is 0. The van der Waals surface area contributed by atoms with Gasteiger partial charge in [-0.1, -0.05) is 6.07 Å². The van der Waals surface area contributed by atoms with Gasteiger partial charge in [0, 0.05) is 42.8 Å². The number of carbonyl (C=O) groups is 1. The lowest BCUT2D eigenvalue weighted by Gasteiger charge is -2.29. The minimum absolute atomic E-state index is 0.116. The zero-order valence-corrected chi connectivity index (χ0v) is 15.7. The van der Waals surface area contributed by atoms with Crippen LogP contribution in [-0.2, 0) is 10.5 Å². The Labute approximate surface area is 158 Å². The summed E-state index contributed by atoms with van der Waals surface area (Å²) in [6.07, 6.45) is 5.29. The number of carbonyl (C=O) groups excluding carboxylic acids is 1. The Bertz CT molecular complexity index is 843. The molecular formula is C21H24FN3O2. The third-order valence-electron chi connectivity index (χ3n) is 5.63. The van der Waals surface area contributed by atoms with Crippen molar-refractivity contribution >= 4 is 5.78 Å². The van der Waals surface area contributed by atoms with Crippen LogP contribution in [0.25, 0.3) is 0 Å². The van der Waals surface area contributed by atoms with Crippen molar-refractivity contribution in [2.75, 3.05) is 6.61 Å². The first-order chi connectivity index (χ1) is 12.9. The number of pyridine rings is 1. The predicted octanol–water partition coefficient (Wildman–Crippen LogP) is 3.98. The van der Waals surface area contributed by atoms with Crippen molar-refractivity contribution < 1.29 is 13.9 Å². The average Bonchev–Trinajstić information content (AvgIpc) is 3.43. The first kappa shape index (κ1) is 18.0. The fourth-order valence-corrected chi connectivity index (χ4v) is 3.74. The Morgan fingerprint density at radius 1 is 1.19 bits per heavy atom. The second-order valence-corrected chi connectivity index (χ2v) is 7.81. The molecule has 2 saturated carbocycles. The van der Waals surface area contributed by atoms with Gasteiger partial charge in [0.25, 0.3) is 0 Å². The maximum atomic E-state index is 15.5. The zero-order valence-electron chi connectivity index (χ0n) is 15.7. The number of ketones is 1. The molecule has 0 radical (unpaired) electrons. The molecule has 5 nitrogen and oxygen atoms in total. The summed E-state index contributed by atoms with van der Waals surface area (Å²) in [6.45, 7) is 4.27. The summed E-state index contributed by atoms with van der Waals surface area (Å²) in [5.41, 5.74) is 1.03. The van der Waals surface area contributed by atoms with E-state index >= 15 is 4.39 Å². The molecule has 2 aliphatic carbocycles. The normalized spacial score (nSPS) is 23.9. The van der Waals surface area contributed by atoms with Crippen LogP contribution in [0.2, 0.25) is 0 Å². The van der Waals surface area contributed by atoms with Gasteiger partial charge in [0.2, 0.25) is 5.88 Å². The summed E-state index contributed by atoms with van der Waals surface area (Å²) in [6, 6.07) is 4.14. The number of nitrogens with zero attached hydrogens (tertiary/aromatic N) is 3. The van der Waals surface area contributed by atoms with E-state index in [0.717, 1.165) is 17.7 Å². The molecule has 2 fully saturated rings. The zero-order chi connectivity index (χ0) is 19.0. The van der Waals surface area contributed by atoms with Crippen molar-refractivity contribution in [3.05, 3.63) is 47.2 Å². The quantitative estimate of drug-likeness (QED) is 0.798. The van der Waals surface area contributed by atoms with Crippen LogP contribution in [0.3, 0.4) is 0 Å². The van der Waals surface area contributed by atoms with Gasteiger partial charge in [-0.3, -0.25) is 9.78 Å². The predicted molar refractivity (Wildman–Crippen MR) is 98.3 cm³/mol. The highest BCUT2D eigenvalue weighted by Gasteiger charge is 2.42. The number of rotatable bonds is 5. The largest absolute Gasteiger partial charge is 0.477 e. The van der Waals surface area contributed by atoms with Crippen LogP contribution in [0.15, 0.2) is 24.5 Å². The highest BCUT2D eigenvalue weighted by atomic mass is 19.1. The van der Waals surface area contributed by atoms with Gasteiger partial charge in [-0.2, -0.15) is 4.98 Å². The van der Waals surface area contributed by atoms with Crippen molar-refractivity contribution in [3.8, 4) is 5.88 Å². The lowest BCUT2D eigenvalue weighted by atomic mass is 9.81. The van der Waals surface area contributed by atoms with Crippen LogP contribution in [0.1, 0.15) is 60.7 Å². The van der Waals surface area contributed by atoms with Gasteiger partial charge in [0.1, 0.15) is 17.3 Å². The minimum Gasteiger partial charge on any atom is -0.477 e. The van der Waals surface area contributed by atoms with E-state index in [1.807, 2.05) is 13.1 Å². The van der Waals surface area contributed by atoms with E-state index in [4.69, 9.17) is 4.74 Å². The van der Waals surface area contributed by atoms with E-state index in [9.17, 15) is 4.79 Å². The summed E-state index contributed by atoms with van der Waals surface area (Å²) in [5, 5.41) is 0. The van der Waals surface area contributed by atoms with Gasteiger partial charge in [0.15, 0.2) is 0 Å². The van der Waals surface area contributed by atoms with Crippen molar-refractivity contribution in [2.24, 2.45) is 5.92 Å². The van der Waals surface area contributed by atoms with Crippen molar-refractivity contribution in [3.63, 3.8) is 0 Å². The third-order valence-corrected chi connectivity index (χ3v) is 5.63. The summed E-state index contributed by atoms with van der Waals surface area (Å²) >= 11 is 0. The molecule has 4 rings (SSSR count). The maximum Gasteiger partial charge on any atom is 0.223 e. The molecule has 2 aliphatic rings. The second kappa shape index (κ2) is 6.98. The Hall–Kier alpha value is -2.37. The minimum atomic E-state index is -1.58. The van der Waals surface area contributed by atoms with Crippen LogP contribution >= 0.6 is 0 Å². The molecule has 0 N–H and O–H groups in total. The van der Waals surface area contributed by atoms with Crippen molar-refractivity contribution in [1.82, 2.24) is 15.0 Å². The molecule has 2 heterocycles. The van der Waals surface area contributed by atoms with Gasteiger partial charge < -0.3 is 4.74 Å². The first-order valence-corrected chi connectivity index (χ1v) is 9.55. The maximum absolute atomic E-state index is 15.5. The number of aromatic nitrogens is 3. The number of hydrogen-bond donors (Lipinski definition) is 0. The fourth-order valence-electron chi connectivity index (χ4n) is 3.74. The summed E-state index contributed by atoms with van der Waals surface area (Å²) in [4.78, 5) is 24.5. The molecular weight excluding hydrogens is 345 g/mol. The van der Waals surface area contributed by atoms with E-state index in [1.54, 1.807) is 6.92 Å². The summed E-state index contributed by atoms with van der Waals surface area (Å²) < 4.78 is 21.4. The number of alkyl halides is 1. The molecule has 2 aromatic rings. The van der Waals surface area contributed by atoms with Crippen LogP contribution in [0, 0.1) is 19.8 Å². The van der Waals surface area contributed by atoms with E-state index in [0.29, 0.717) is 35.7 Å². The molecule has 142 valence electrons. The number of halogens is 1. The van der Waals surface area contributed by atoms with E-state index in [-0.39, 0.29) is 31.5 Å². The number of aryl methyl sites for hydroxylation is 2. The fraction of sp³-hybridized carbons (Fsp3) is 0.524. The average molecular weight is 369 g/mol. The van der Waals surface area contributed by atoms with Crippen molar-refractivity contribution in [2.45, 2.75) is 57.5 Å². The second-order valence-electron chi connectivity index (χ2n) is 7.81.